The van der Waals surface area contributed by atoms with Gasteiger partial charge in [-0.05, 0) is 49.8 Å². The molecule has 9 heteroatoms. The summed E-state index contributed by atoms with van der Waals surface area (Å²) in [7, 11) is 0. The Morgan fingerprint density at radius 3 is 2.74 bits per heavy atom. The highest BCUT2D eigenvalue weighted by Crippen LogP contribution is 2.26. The van der Waals surface area contributed by atoms with Gasteiger partial charge in [0.1, 0.15) is 23.5 Å². The monoisotopic (exact) mass is 467 g/mol. The molecule has 2 heterocycles. The number of fused-ring (bicyclic) bond motifs is 1. The van der Waals surface area contributed by atoms with Crippen LogP contribution in [0.5, 0.6) is 5.75 Å². The minimum atomic E-state index is -0.817. The van der Waals surface area contributed by atoms with Crippen LogP contribution in [0, 0.1) is 23.2 Å². The number of amides is 3. The molecule has 0 spiro atoms. The van der Waals surface area contributed by atoms with Gasteiger partial charge in [0.25, 0.3) is 5.91 Å². The number of H-pyrrole nitrogens is 1. The topological polar surface area (TPSA) is 136 Å². The van der Waals surface area contributed by atoms with E-state index in [0.717, 1.165) is 17.3 Å². The molecule has 3 atom stereocenters. The maximum Gasteiger partial charge on any atom is 0.268 e. The van der Waals surface area contributed by atoms with Gasteiger partial charge in [0.15, 0.2) is 0 Å². The summed E-state index contributed by atoms with van der Waals surface area (Å²) < 4.78 is 5.78. The van der Waals surface area contributed by atoms with E-state index in [1.807, 2.05) is 39.0 Å². The number of aromatic nitrogens is 1. The number of aromatic amines is 1. The minimum absolute atomic E-state index is 0.0948. The van der Waals surface area contributed by atoms with Crippen LogP contribution >= 0.6 is 0 Å². The lowest BCUT2D eigenvalue weighted by Crippen LogP contribution is -2.50. The van der Waals surface area contributed by atoms with Crippen molar-refractivity contribution in [2.45, 2.75) is 58.5 Å². The summed E-state index contributed by atoms with van der Waals surface area (Å²) in [6.45, 7) is 7.09. The van der Waals surface area contributed by atoms with Crippen LogP contribution in [0.4, 0.5) is 0 Å². The van der Waals surface area contributed by atoms with Crippen LogP contribution in [0.1, 0.15) is 56.9 Å². The molecule has 9 nitrogen and oxygen atoms in total. The van der Waals surface area contributed by atoms with Gasteiger partial charge in [0.2, 0.25) is 11.8 Å². The first-order valence-corrected chi connectivity index (χ1v) is 11.9. The summed E-state index contributed by atoms with van der Waals surface area (Å²) in [5.74, 6) is -0.411. The Hall–Kier alpha value is -3.54. The predicted octanol–water partition coefficient (Wildman–Crippen LogP) is 2.64. The molecule has 1 aliphatic heterocycles. The zero-order valence-corrected chi connectivity index (χ0v) is 19.9. The highest BCUT2D eigenvalue weighted by molar-refractivity contribution is 6.01. The SMILES string of the molecule is CCCOc1cccc2[nH]c(C(=O)N[C@@H](CC(C)C)C(=O)N[C@H](C#N)C[C@@H]3CCNC3=O)cc12. The first kappa shape index (κ1) is 25.1. The Morgan fingerprint density at radius 2 is 2.09 bits per heavy atom. The molecule has 1 aliphatic rings. The number of hydrogen-bond donors (Lipinski definition) is 4. The molecule has 0 saturated carbocycles. The number of carbonyl (C=O) groups excluding carboxylic acids is 3. The van der Waals surface area contributed by atoms with Crippen LogP contribution in [0.3, 0.4) is 0 Å². The van der Waals surface area contributed by atoms with E-state index in [1.165, 1.54) is 0 Å². The standard InChI is InChI=1S/C25H33N5O4/c1-4-10-34-22-7-5-6-19-18(22)13-21(29-19)25(33)30-20(11-15(2)3)24(32)28-17(14-26)12-16-8-9-27-23(16)31/h5-7,13,15-17,20,29H,4,8-12H2,1-3H3,(H,27,31)(H,28,32)(H,30,33)/t16-,17-,20-/m0/s1. The number of nitrogens with zero attached hydrogens (tertiary/aromatic N) is 1. The smallest absolute Gasteiger partial charge is 0.268 e. The Bertz CT molecular complexity index is 1070. The second-order valence-electron chi connectivity index (χ2n) is 9.11. The third-order valence-corrected chi connectivity index (χ3v) is 5.81. The number of ether oxygens (including phenoxy) is 1. The van der Waals surface area contributed by atoms with Crippen LogP contribution < -0.4 is 20.7 Å². The molecular formula is C25H33N5O4. The van der Waals surface area contributed by atoms with Crippen molar-refractivity contribution in [3.05, 3.63) is 30.0 Å². The average Bonchev–Trinajstić information content (AvgIpc) is 3.42. The number of rotatable bonds is 11. The fraction of sp³-hybridized carbons (Fsp3) is 0.520. The van der Waals surface area contributed by atoms with E-state index in [2.05, 4.69) is 27.0 Å². The van der Waals surface area contributed by atoms with E-state index in [9.17, 15) is 19.6 Å². The molecule has 1 aromatic heterocycles. The van der Waals surface area contributed by atoms with E-state index in [4.69, 9.17) is 4.74 Å². The highest BCUT2D eigenvalue weighted by Gasteiger charge is 2.30. The van der Waals surface area contributed by atoms with Gasteiger partial charge in [-0.15, -0.1) is 0 Å². The second-order valence-corrected chi connectivity index (χ2v) is 9.11. The highest BCUT2D eigenvalue weighted by atomic mass is 16.5. The second kappa shape index (κ2) is 11.5. The molecule has 182 valence electrons. The van der Waals surface area contributed by atoms with Crippen LogP contribution in [0.2, 0.25) is 0 Å². The third kappa shape index (κ3) is 6.28. The molecule has 0 aliphatic carbocycles. The maximum absolute atomic E-state index is 13.0. The van der Waals surface area contributed by atoms with Gasteiger partial charge in [0.05, 0.1) is 12.7 Å². The molecule has 1 fully saturated rings. The van der Waals surface area contributed by atoms with Crippen molar-refractivity contribution in [2.75, 3.05) is 13.2 Å². The molecule has 3 amide bonds. The first-order valence-electron chi connectivity index (χ1n) is 11.9. The molecule has 3 rings (SSSR count). The quantitative estimate of drug-likeness (QED) is 0.403. The number of nitriles is 1. The van der Waals surface area contributed by atoms with Crippen molar-refractivity contribution in [1.82, 2.24) is 20.9 Å². The number of nitrogens with one attached hydrogen (secondary N) is 4. The van der Waals surface area contributed by atoms with Crippen molar-refractivity contribution in [1.29, 1.82) is 5.26 Å². The fourth-order valence-electron chi connectivity index (χ4n) is 4.10. The molecule has 0 unspecified atom stereocenters. The van der Waals surface area contributed by atoms with Gasteiger partial charge >= 0.3 is 0 Å². The molecule has 0 bridgehead atoms. The summed E-state index contributed by atoms with van der Waals surface area (Å²) in [5.41, 5.74) is 1.09. The lowest BCUT2D eigenvalue weighted by molar-refractivity contribution is -0.125. The predicted molar refractivity (Wildman–Crippen MR) is 128 cm³/mol. The van der Waals surface area contributed by atoms with Crippen LogP contribution in [0.15, 0.2) is 24.3 Å². The molecule has 34 heavy (non-hydrogen) atoms. The zero-order valence-electron chi connectivity index (χ0n) is 19.9. The minimum Gasteiger partial charge on any atom is -0.493 e. The Morgan fingerprint density at radius 1 is 1.29 bits per heavy atom. The molecular weight excluding hydrogens is 434 g/mol. The molecule has 1 saturated heterocycles. The van der Waals surface area contributed by atoms with Gasteiger partial charge in [-0.2, -0.15) is 5.26 Å². The molecule has 1 aromatic carbocycles. The Balaban J connectivity index is 1.71. The summed E-state index contributed by atoms with van der Waals surface area (Å²) >= 11 is 0. The lowest BCUT2D eigenvalue weighted by Gasteiger charge is -2.22. The van der Waals surface area contributed by atoms with Gasteiger partial charge in [-0.25, -0.2) is 0 Å². The van der Waals surface area contributed by atoms with Crippen molar-refractivity contribution in [3.63, 3.8) is 0 Å². The number of hydrogen-bond acceptors (Lipinski definition) is 5. The average molecular weight is 468 g/mol. The van der Waals surface area contributed by atoms with E-state index >= 15 is 0 Å². The third-order valence-electron chi connectivity index (χ3n) is 5.81. The molecule has 2 aromatic rings. The van der Waals surface area contributed by atoms with E-state index in [-0.39, 0.29) is 24.2 Å². The van der Waals surface area contributed by atoms with Crippen molar-refractivity contribution < 1.29 is 19.1 Å². The summed E-state index contributed by atoms with van der Waals surface area (Å²) in [5, 5.41) is 18.6. The van der Waals surface area contributed by atoms with Gasteiger partial charge < -0.3 is 25.7 Å². The normalized spacial score (nSPS) is 17.1. The van der Waals surface area contributed by atoms with Crippen molar-refractivity contribution in [2.24, 2.45) is 11.8 Å². The summed E-state index contributed by atoms with van der Waals surface area (Å²) in [6.07, 6.45) is 2.17. The largest absolute Gasteiger partial charge is 0.493 e. The van der Waals surface area contributed by atoms with E-state index in [1.54, 1.807) is 6.07 Å². The Labute approximate surface area is 199 Å². The molecule has 0 radical (unpaired) electrons. The van der Waals surface area contributed by atoms with Crippen molar-refractivity contribution in [3.8, 4) is 11.8 Å². The van der Waals surface area contributed by atoms with Crippen LogP contribution in [-0.4, -0.2) is 47.9 Å². The van der Waals surface area contributed by atoms with Gasteiger partial charge in [0, 0.05) is 23.4 Å². The first-order chi connectivity index (χ1) is 16.3. The van der Waals surface area contributed by atoms with Gasteiger partial charge in [-0.1, -0.05) is 26.8 Å². The fourth-order valence-corrected chi connectivity index (χ4v) is 4.10. The number of carbonyl (C=O) groups is 3. The van der Waals surface area contributed by atoms with Gasteiger partial charge in [-0.3, -0.25) is 14.4 Å². The molecule has 4 N–H and O–H groups in total. The number of benzene rings is 1. The Kier molecular flexibility index (Phi) is 8.52. The van der Waals surface area contributed by atoms with E-state index in [0.29, 0.717) is 37.4 Å². The maximum atomic E-state index is 13.0. The van der Waals surface area contributed by atoms with Crippen LogP contribution in [0.25, 0.3) is 10.9 Å². The lowest BCUT2D eigenvalue weighted by atomic mass is 9.98. The zero-order chi connectivity index (χ0) is 24.7. The summed E-state index contributed by atoms with van der Waals surface area (Å²) in [4.78, 5) is 41.0. The van der Waals surface area contributed by atoms with Crippen molar-refractivity contribution >= 4 is 28.6 Å². The summed E-state index contributed by atoms with van der Waals surface area (Å²) in [6, 6.07) is 7.74. The van der Waals surface area contributed by atoms with E-state index < -0.39 is 23.9 Å². The van der Waals surface area contributed by atoms with Crippen LogP contribution in [-0.2, 0) is 9.59 Å².